The number of nitrogens with one attached hydrogen (secondary N) is 1. The summed E-state index contributed by atoms with van der Waals surface area (Å²) in [6.07, 6.45) is 1.12. The van der Waals surface area contributed by atoms with Crippen LogP contribution in [0.4, 0.5) is 0 Å². The first kappa shape index (κ1) is 12.4. The summed E-state index contributed by atoms with van der Waals surface area (Å²) in [5.41, 5.74) is 0. The lowest BCUT2D eigenvalue weighted by atomic mass is 10.2. The van der Waals surface area contributed by atoms with Gasteiger partial charge in [0.15, 0.2) is 5.75 Å². The number of hydrogen-bond acceptors (Lipinski definition) is 4. The first-order chi connectivity index (χ1) is 6.02. The van der Waals surface area contributed by atoms with Crippen molar-refractivity contribution in [2.45, 2.75) is 25.8 Å². The molecular formula is C7H14N2O3S. The third-order valence-electron chi connectivity index (χ3n) is 1.43. The minimum atomic E-state index is -3.45. The summed E-state index contributed by atoms with van der Waals surface area (Å²) in [6, 6.07) is 1.34. The summed E-state index contributed by atoms with van der Waals surface area (Å²) in [5.74, 6) is -0.517. The van der Waals surface area contributed by atoms with E-state index in [9.17, 15) is 8.42 Å². The van der Waals surface area contributed by atoms with Gasteiger partial charge in [0.05, 0.1) is 6.07 Å². The van der Waals surface area contributed by atoms with Crippen molar-refractivity contribution in [1.29, 1.82) is 5.26 Å². The molecule has 0 rings (SSSR count). The maximum Gasteiger partial charge on any atom is 0.225 e. The topological polar surface area (TPSA) is 90.2 Å². The van der Waals surface area contributed by atoms with E-state index in [0.717, 1.165) is 0 Å². The third-order valence-corrected chi connectivity index (χ3v) is 2.70. The second-order valence-corrected chi connectivity index (χ2v) is 4.56. The van der Waals surface area contributed by atoms with E-state index in [1.54, 1.807) is 13.0 Å². The molecule has 0 bridgehead atoms. The van der Waals surface area contributed by atoms with Crippen molar-refractivity contribution in [2.75, 3.05) is 12.4 Å². The lowest BCUT2D eigenvalue weighted by Crippen LogP contribution is -2.34. The summed E-state index contributed by atoms with van der Waals surface area (Å²) in [4.78, 5) is 0. The zero-order valence-electron chi connectivity index (χ0n) is 7.52. The summed E-state index contributed by atoms with van der Waals surface area (Å²) in [6.45, 7) is 1.74. The van der Waals surface area contributed by atoms with E-state index in [4.69, 9.17) is 10.4 Å². The number of rotatable bonds is 6. The molecule has 0 radical (unpaired) electrons. The van der Waals surface area contributed by atoms with Gasteiger partial charge in [-0.1, -0.05) is 0 Å². The molecule has 0 aromatic heterocycles. The predicted octanol–water partition coefficient (Wildman–Crippen LogP) is -0.410. The molecule has 0 saturated carbocycles. The maximum absolute atomic E-state index is 11.0. The number of aliphatic hydroxyl groups is 1. The van der Waals surface area contributed by atoms with Gasteiger partial charge >= 0.3 is 0 Å². The molecule has 0 aliphatic rings. The molecule has 0 fully saturated rings. The highest BCUT2D eigenvalue weighted by Gasteiger charge is 2.12. The van der Waals surface area contributed by atoms with E-state index in [-0.39, 0.29) is 12.6 Å². The smallest absolute Gasteiger partial charge is 0.225 e. The van der Waals surface area contributed by atoms with E-state index >= 15 is 0 Å². The average Bonchev–Trinajstić information content (AvgIpc) is 1.99. The van der Waals surface area contributed by atoms with Gasteiger partial charge in [0.25, 0.3) is 0 Å². The Hall–Kier alpha value is -0.640. The number of aliphatic hydroxyl groups excluding tert-OH is 1. The van der Waals surface area contributed by atoms with Crippen LogP contribution in [0.5, 0.6) is 0 Å². The molecule has 1 atom stereocenters. The average molecular weight is 206 g/mol. The lowest BCUT2D eigenvalue weighted by Gasteiger charge is -2.11. The SMILES string of the molecule is CC(CCCO)NS(=O)(=O)CC#N. The number of nitriles is 1. The van der Waals surface area contributed by atoms with Gasteiger partial charge in [-0.2, -0.15) is 5.26 Å². The molecule has 0 aromatic carbocycles. The first-order valence-electron chi connectivity index (χ1n) is 3.99. The predicted molar refractivity (Wildman–Crippen MR) is 48.3 cm³/mol. The summed E-state index contributed by atoms with van der Waals surface area (Å²) in [5, 5.41) is 16.7. The van der Waals surface area contributed by atoms with E-state index < -0.39 is 15.8 Å². The molecule has 0 amide bonds. The Morgan fingerprint density at radius 3 is 2.69 bits per heavy atom. The molecule has 0 heterocycles. The number of hydrogen-bond donors (Lipinski definition) is 2. The van der Waals surface area contributed by atoms with Crippen molar-refractivity contribution in [1.82, 2.24) is 4.72 Å². The molecule has 76 valence electrons. The zero-order valence-corrected chi connectivity index (χ0v) is 8.34. The van der Waals surface area contributed by atoms with E-state index in [1.165, 1.54) is 0 Å². The van der Waals surface area contributed by atoms with Crippen LogP contribution in [0.2, 0.25) is 0 Å². The third kappa shape index (κ3) is 6.51. The van der Waals surface area contributed by atoms with Crippen LogP contribution in [0, 0.1) is 11.3 Å². The van der Waals surface area contributed by atoms with Crippen molar-refractivity contribution in [3.05, 3.63) is 0 Å². The highest BCUT2D eigenvalue weighted by atomic mass is 32.2. The van der Waals surface area contributed by atoms with E-state index in [1.807, 2.05) is 0 Å². The van der Waals surface area contributed by atoms with Gasteiger partial charge in [0, 0.05) is 12.6 Å². The van der Waals surface area contributed by atoms with E-state index in [0.29, 0.717) is 12.8 Å². The molecule has 0 aliphatic carbocycles. The fourth-order valence-electron chi connectivity index (χ4n) is 0.890. The number of sulfonamides is 1. The minimum Gasteiger partial charge on any atom is -0.396 e. The minimum absolute atomic E-state index is 0.0460. The zero-order chi connectivity index (χ0) is 10.3. The summed E-state index contributed by atoms with van der Waals surface area (Å²) >= 11 is 0. The molecule has 0 aromatic rings. The second kappa shape index (κ2) is 5.91. The molecule has 1 unspecified atom stereocenters. The van der Waals surface area contributed by atoms with E-state index in [2.05, 4.69) is 4.72 Å². The van der Waals surface area contributed by atoms with Crippen LogP contribution >= 0.6 is 0 Å². The monoisotopic (exact) mass is 206 g/mol. The van der Waals surface area contributed by atoms with Crippen LogP contribution in [0.25, 0.3) is 0 Å². The van der Waals surface area contributed by atoms with Gasteiger partial charge in [-0.25, -0.2) is 13.1 Å². The maximum atomic E-state index is 11.0. The Labute approximate surface area is 78.4 Å². The van der Waals surface area contributed by atoms with Crippen LogP contribution in [0.3, 0.4) is 0 Å². The highest BCUT2D eigenvalue weighted by Crippen LogP contribution is 1.97. The van der Waals surface area contributed by atoms with Crippen LogP contribution < -0.4 is 4.72 Å². The highest BCUT2D eigenvalue weighted by molar-refractivity contribution is 7.89. The molecule has 0 spiro atoms. The molecule has 6 heteroatoms. The van der Waals surface area contributed by atoms with Crippen molar-refractivity contribution < 1.29 is 13.5 Å². The molecule has 5 nitrogen and oxygen atoms in total. The molecular weight excluding hydrogens is 192 g/mol. The Morgan fingerprint density at radius 1 is 1.62 bits per heavy atom. The van der Waals surface area contributed by atoms with Crippen molar-refractivity contribution in [3.63, 3.8) is 0 Å². The van der Waals surface area contributed by atoms with Gasteiger partial charge in [-0.3, -0.25) is 0 Å². The van der Waals surface area contributed by atoms with Crippen LogP contribution in [0.1, 0.15) is 19.8 Å². The molecule has 0 saturated heterocycles. The molecule has 0 aliphatic heterocycles. The van der Waals surface area contributed by atoms with Gasteiger partial charge in [0.1, 0.15) is 0 Å². The normalized spacial score (nSPS) is 13.6. The standard InChI is InChI=1S/C7H14N2O3S/c1-7(3-2-5-10)9-13(11,12)6-4-8/h7,9-10H,2-3,5-6H2,1H3. The Morgan fingerprint density at radius 2 is 2.23 bits per heavy atom. The Kier molecular flexibility index (Phi) is 5.62. The second-order valence-electron chi connectivity index (χ2n) is 2.80. The molecule has 2 N–H and O–H groups in total. The van der Waals surface area contributed by atoms with Crippen molar-refractivity contribution in [2.24, 2.45) is 0 Å². The molecule has 13 heavy (non-hydrogen) atoms. The van der Waals surface area contributed by atoms with Crippen LogP contribution in [-0.4, -0.2) is 31.9 Å². The van der Waals surface area contributed by atoms with Crippen molar-refractivity contribution in [3.8, 4) is 6.07 Å². The largest absolute Gasteiger partial charge is 0.396 e. The van der Waals surface area contributed by atoms with Gasteiger partial charge < -0.3 is 5.11 Å². The van der Waals surface area contributed by atoms with Gasteiger partial charge in [-0.15, -0.1) is 0 Å². The van der Waals surface area contributed by atoms with Gasteiger partial charge in [-0.05, 0) is 19.8 Å². The van der Waals surface area contributed by atoms with Crippen LogP contribution in [-0.2, 0) is 10.0 Å². The Balaban J connectivity index is 3.91. The summed E-state index contributed by atoms with van der Waals surface area (Å²) < 4.78 is 24.3. The fourth-order valence-corrected chi connectivity index (χ4v) is 1.87. The van der Waals surface area contributed by atoms with Gasteiger partial charge in [0.2, 0.25) is 10.0 Å². The first-order valence-corrected chi connectivity index (χ1v) is 5.65. The summed E-state index contributed by atoms with van der Waals surface area (Å²) in [7, 11) is -3.45. The quantitative estimate of drug-likeness (QED) is 0.618. The van der Waals surface area contributed by atoms with Crippen LogP contribution in [0.15, 0.2) is 0 Å². The van der Waals surface area contributed by atoms with Crippen molar-refractivity contribution >= 4 is 10.0 Å². The number of nitrogens with zero attached hydrogens (tertiary/aromatic N) is 1. The fraction of sp³-hybridized carbons (Fsp3) is 0.857. The Bertz CT molecular complexity index is 268. The lowest BCUT2D eigenvalue weighted by molar-refractivity contribution is 0.279.